The van der Waals surface area contributed by atoms with E-state index in [-0.39, 0.29) is 17.9 Å². The largest absolute Gasteiger partial charge is 0.344 e. The molecule has 5 nitrogen and oxygen atoms in total. The van der Waals surface area contributed by atoms with Gasteiger partial charge in [0.15, 0.2) is 0 Å². The Balaban J connectivity index is 1.48. The van der Waals surface area contributed by atoms with E-state index in [1.54, 1.807) is 11.9 Å². The maximum Gasteiger partial charge on any atom is 0.244 e. The van der Waals surface area contributed by atoms with E-state index in [1.165, 1.54) is 12.8 Å². The first-order valence-electron chi connectivity index (χ1n) is 7.42. The number of nitrogens with one attached hydrogen (secondary N) is 2. The molecule has 2 amide bonds. The summed E-state index contributed by atoms with van der Waals surface area (Å²) in [6.45, 7) is 0.751. The van der Waals surface area contributed by atoms with Crippen molar-refractivity contribution in [3.63, 3.8) is 0 Å². The third-order valence-electron chi connectivity index (χ3n) is 4.81. The molecule has 0 spiro atoms. The first kappa shape index (κ1) is 12.9. The highest BCUT2D eigenvalue weighted by Gasteiger charge is 2.35. The highest BCUT2D eigenvalue weighted by atomic mass is 16.2. The molecule has 2 bridgehead atoms. The Hall–Kier alpha value is -1.10. The van der Waals surface area contributed by atoms with Crippen LogP contribution in [0.25, 0.3) is 0 Å². The number of carbonyl (C=O) groups excluding carboxylic acids is 2. The Morgan fingerprint density at radius 3 is 2.58 bits per heavy atom. The lowest BCUT2D eigenvalue weighted by atomic mass is 9.89. The number of likely N-dealkylation sites (tertiary alicyclic amines) is 1. The van der Waals surface area contributed by atoms with Crippen molar-refractivity contribution < 1.29 is 9.59 Å². The van der Waals surface area contributed by atoms with Crippen molar-refractivity contribution in [2.45, 2.75) is 56.7 Å². The van der Waals surface area contributed by atoms with Crippen LogP contribution < -0.4 is 10.6 Å². The SMILES string of the molecule is CN1CCC(NC(=O)CC2CC3CCC(C2)N3)C1=O. The quantitative estimate of drug-likeness (QED) is 0.769. The summed E-state index contributed by atoms with van der Waals surface area (Å²) in [4.78, 5) is 25.5. The zero-order valence-corrected chi connectivity index (χ0v) is 11.5. The maximum absolute atomic E-state index is 12.1. The molecule has 0 saturated carbocycles. The highest BCUT2D eigenvalue weighted by Crippen LogP contribution is 2.32. The van der Waals surface area contributed by atoms with E-state index in [4.69, 9.17) is 0 Å². The van der Waals surface area contributed by atoms with Crippen molar-refractivity contribution in [3.05, 3.63) is 0 Å². The number of nitrogens with zero attached hydrogens (tertiary/aromatic N) is 1. The number of likely N-dealkylation sites (N-methyl/N-ethyl adjacent to an activating group) is 1. The molecule has 0 aromatic heterocycles. The molecule has 3 aliphatic rings. The topological polar surface area (TPSA) is 61.4 Å². The van der Waals surface area contributed by atoms with Gasteiger partial charge >= 0.3 is 0 Å². The summed E-state index contributed by atoms with van der Waals surface area (Å²) in [6.07, 6.45) is 6.08. The van der Waals surface area contributed by atoms with Gasteiger partial charge in [0, 0.05) is 32.1 Å². The Morgan fingerprint density at radius 1 is 1.32 bits per heavy atom. The number of rotatable bonds is 3. The van der Waals surface area contributed by atoms with E-state index in [0.717, 1.165) is 25.8 Å². The third kappa shape index (κ3) is 2.76. The molecule has 3 unspecified atom stereocenters. The van der Waals surface area contributed by atoms with E-state index < -0.39 is 0 Å². The molecule has 3 saturated heterocycles. The fourth-order valence-electron chi connectivity index (χ4n) is 3.81. The highest BCUT2D eigenvalue weighted by molar-refractivity contribution is 5.89. The second-order valence-electron chi connectivity index (χ2n) is 6.35. The van der Waals surface area contributed by atoms with E-state index in [1.807, 2.05) is 0 Å². The lowest BCUT2D eigenvalue weighted by Gasteiger charge is -2.28. The Kier molecular flexibility index (Phi) is 3.48. The molecular formula is C14H23N3O2. The van der Waals surface area contributed by atoms with Crippen LogP contribution in [0, 0.1) is 5.92 Å². The molecule has 5 heteroatoms. The van der Waals surface area contributed by atoms with Crippen LogP contribution in [0.4, 0.5) is 0 Å². The summed E-state index contributed by atoms with van der Waals surface area (Å²) >= 11 is 0. The van der Waals surface area contributed by atoms with Crippen LogP contribution in [0.1, 0.15) is 38.5 Å². The molecule has 3 rings (SSSR count). The minimum atomic E-state index is -0.282. The van der Waals surface area contributed by atoms with Gasteiger partial charge in [0.1, 0.15) is 6.04 Å². The normalized spacial score (nSPS) is 37.7. The lowest BCUT2D eigenvalue weighted by Crippen LogP contribution is -2.43. The zero-order chi connectivity index (χ0) is 13.4. The molecule has 3 aliphatic heterocycles. The summed E-state index contributed by atoms with van der Waals surface area (Å²) in [5, 5.41) is 6.49. The number of hydrogen-bond acceptors (Lipinski definition) is 3. The molecular weight excluding hydrogens is 242 g/mol. The van der Waals surface area contributed by atoms with Gasteiger partial charge in [0.05, 0.1) is 0 Å². The monoisotopic (exact) mass is 265 g/mol. The molecule has 0 radical (unpaired) electrons. The fraction of sp³-hybridized carbons (Fsp3) is 0.857. The van der Waals surface area contributed by atoms with Gasteiger partial charge in [-0.1, -0.05) is 0 Å². The maximum atomic E-state index is 12.1. The molecule has 19 heavy (non-hydrogen) atoms. The van der Waals surface area contributed by atoms with Crippen molar-refractivity contribution in [2.75, 3.05) is 13.6 Å². The predicted octanol–water partition coefficient (Wildman–Crippen LogP) is 0.254. The summed E-state index contributed by atoms with van der Waals surface area (Å²) in [7, 11) is 1.79. The van der Waals surface area contributed by atoms with Crippen LogP contribution in [0.2, 0.25) is 0 Å². The summed E-state index contributed by atoms with van der Waals surface area (Å²) in [5.74, 6) is 0.603. The first-order valence-corrected chi connectivity index (χ1v) is 7.42. The standard InChI is InChI=1S/C14H23N3O2/c1-17-5-4-12(14(17)19)16-13(18)8-9-6-10-2-3-11(7-9)15-10/h9-12,15H,2-8H2,1H3,(H,16,18). The van der Waals surface area contributed by atoms with Crippen LogP contribution in [-0.2, 0) is 9.59 Å². The number of carbonyl (C=O) groups is 2. The van der Waals surface area contributed by atoms with Crippen molar-refractivity contribution in [2.24, 2.45) is 5.92 Å². The van der Waals surface area contributed by atoms with Crippen LogP contribution in [0.3, 0.4) is 0 Å². The predicted molar refractivity (Wildman–Crippen MR) is 71.5 cm³/mol. The molecule has 3 atom stereocenters. The lowest BCUT2D eigenvalue weighted by molar-refractivity contribution is -0.132. The van der Waals surface area contributed by atoms with Crippen molar-refractivity contribution >= 4 is 11.8 Å². The molecule has 0 aromatic carbocycles. The number of piperidine rings is 1. The average molecular weight is 265 g/mol. The smallest absolute Gasteiger partial charge is 0.244 e. The van der Waals surface area contributed by atoms with Gasteiger partial charge in [-0.3, -0.25) is 9.59 Å². The van der Waals surface area contributed by atoms with Crippen LogP contribution in [0.5, 0.6) is 0 Å². The van der Waals surface area contributed by atoms with E-state index in [9.17, 15) is 9.59 Å². The van der Waals surface area contributed by atoms with Gasteiger partial charge < -0.3 is 15.5 Å². The van der Waals surface area contributed by atoms with Gasteiger partial charge in [0.25, 0.3) is 0 Å². The Bertz CT molecular complexity index is 373. The number of hydrogen-bond donors (Lipinski definition) is 2. The van der Waals surface area contributed by atoms with Crippen molar-refractivity contribution in [1.82, 2.24) is 15.5 Å². The molecule has 3 fully saturated rings. The molecule has 0 aliphatic carbocycles. The molecule has 106 valence electrons. The minimum Gasteiger partial charge on any atom is -0.344 e. The van der Waals surface area contributed by atoms with Gasteiger partial charge in [-0.15, -0.1) is 0 Å². The van der Waals surface area contributed by atoms with Crippen LogP contribution in [0.15, 0.2) is 0 Å². The van der Waals surface area contributed by atoms with E-state index in [2.05, 4.69) is 10.6 Å². The zero-order valence-electron chi connectivity index (χ0n) is 11.5. The van der Waals surface area contributed by atoms with Crippen molar-refractivity contribution in [1.29, 1.82) is 0 Å². The summed E-state index contributed by atoms with van der Waals surface area (Å²) < 4.78 is 0. The van der Waals surface area contributed by atoms with E-state index >= 15 is 0 Å². The van der Waals surface area contributed by atoms with Gasteiger partial charge in [0.2, 0.25) is 11.8 Å². The second-order valence-corrected chi connectivity index (χ2v) is 6.35. The summed E-state index contributed by atoms with van der Waals surface area (Å²) in [5.41, 5.74) is 0. The second kappa shape index (κ2) is 5.12. The Labute approximate surface area is 114 Å². The number of amides is 2. The van der Waals surface area contributed by atoms with E-state index in [0.29, 0.717) is 24.4 Å². The minimum absolute atomic E-state index is 0.0544. The van der Waals surface area contributed by atoms with Gasteiger partial charge in [-0.25, -0.2) is 0 Å². The first-order chi connectivity index (χ1) is 9.11. The van der Waals surface area contributed by atoms with Crippen molar-refractivity contribution in [3.8, 4) is 0 Å². The molecule has 0 aromatic rings. The summed E-state index contributed by atoms with van der Waals surface area (Å²) in [6, 6.07) is 0.961. The Morgan fingerprint density at radius 2 is 2.00 bits per heavy atom. The van der Waals surface area contributed by atoms with Gasteiger partial charge in [-0.05, 0) is 38.0 Å². The fourth-order valence-corrected chi connectivity index (χ4v) is 3.81. The van der Waals surface area contributed by atoms with Gasteiger partial charge in [-0.2, -0.15) is 0 Å². The van der Waals surface area contributed by atoms with Crippen LogP contribution >= 0.6 is 0 Å². The number of fused-ring (bicyclic) bond motifs is 2. The third-order valence-corrected chi connectivity index (χ3v) is 4.81. The average Bonchev–Trinajstić information content (AvgIpc) is 2.86. The molecule has 3 heterocycles. The molecule has 2 N–H and O–H groups in total. The van der Waals surface area contributed by atoms with Crippen LogP contribution in [-0.4, -0.2) is 48.4 Å².